The lowest BCUT2D eigenvalue weighted by Gasteiger charge is -2.36. The zero-order valence-electron chi connectivity index (χ0n) is 18.3. The fraction of sp³-hybridized carbons (Fsp3) is 0.476. The zero-order chi connectivity index (χ0) is 23.6. The number of carbonyl (C=O) groups excluding carboxylic acids is 1. The van der Waals surface area contributed by atoms with Gasteiger partial charge < -0.3 is 14.9 Å². The molecule has 3 heterocycles. The second-order valence-electron chi connectivity index (χ2n) is 7.76. The van der Waals surface area contributed by atoms with E-state index in [-0.39, 0.29) is 20.3 Å². The second kappa shape index (κ2) is 9.85. The summed E-state index contributed by atoms with van der Waals surface area (Å²) >= 11 is 6.24. The normalized spacial score (nSPS) is 18.5. The van der Waals surface area contributed by atoms with Crippen LogP contribution in [0.5, 0.6) is 0 Å². The number of hydrogen-bond acceptors (Lipinski definition) is 8. The number of aliphatic carboxylic acids is 1. The van der Waals surface area contributed by atoms with E-state index < -0.39 is 18.4 Å². The summed E-state index contributed by atoms with van der Waals surface area (Å²) in [4.78, 5) is 42.8. The van der Waals surface area contributed by atoms with E-state index in [0.29, 0.717) is 43.0 Å². The lowest BCUT2D eigenvalue weighted by molar-refractivity contribution is -0.140. The van der Waals surface area contributed by atoms with Crippen LogP contribution in [-0.2, 0) is 16.1 Å². The molecule has 1 aromatic rings. The smallest absolute Gasteiger partial charge is 0.323 e. The third-order valence-electron chi connectivity index (χ3n) is 5.54. The Hall–Kier alpha value is -2.68. The van der Waals surface area contributed by atoms with Crippen LogP contribution in [0.4, 0.5) is 5.82 Å². The van der Waals surface area contributed by atoms with Gasteiger partial charge >= 0.3 is 5.97 Å². The van der Waals surface area contributed by atoms with Gasteiger partial charge in [-0.15, -0.1) is 0 Å². The van der Waals surface area contributed by atoms with Crippen LogP contribution >= 0.6 is 24.0 Å². The Balaban J connectivity index is 2.21. The van der Waals surface area contributed by atoms with E-state index in [1.807, 2.05) is 20.0 Å². The minimum atomic E-state index is -1.15. The first-order valence-corrected chi connectivity index (χ1v) is 11.5. The summed E-state index contributed by atoms with van der Waals surface area (Å²) in [7, 11) is 2.04. The molecule has 11 heteroatoms. The number of anilines is 1. The van der Waals surface area contributed by atoms with Crippen molar-refractivity contribution in [2.45, 2.75) is 26.8 Å². The van der Waals surface area contributed by atoms with Gasteiger partial charge in [0, 0.05) is 38.3 Å². The van der Waals surface area contributed by atoms with Gasteiger partial charge in [-0.1, -0.05) is 30.9 Å². The van der Waals surface area contributed by atoms with E-state index in [0.717, 1.165) is 29.8 Å². The molecule has 0 radical (unpaired) electrons. The third-order valence-corrected chi connectivity index (χ3v) is 6.92. The molecule has 0 saturated carbocycles. The largest absolute Gasteiger partial charge is 0.480 e. The summed E-state index contributed by atoms with van der Waals surface area (Å²) in [6.45, 7) is 6.64. The molecule has 2 fully saturated rings. The fourth-order valence-corrected chi connectivity index (χ4v) is 5.07. The lowest BCUT2D eigenvalue weighted by atomic mass is 10.0. The summed E-state index contributed by atoms with van der Waals surface area (Å²) in [6, 6.07) is 2.02. The number of thiocarbonyl (C=S) groups is 1. The average Bonchev–Trinajstić information content (AvgIpc) is 3.00. The maximum absolute atomic E-state index is 13.1. The van der Waals surface area contributed by atoms with E-state index in [4.69, 9.17) is 17.3 Å². The Morgan fingerprint density at radius 3 is 2.50 bits per heavy atom. The number of carboxylic acids is 1. The topological polar surface area (TPSA) is 110 Å². The van der Waals surface area contributed by atoms with Crippen molar-refractivity contribution < 1.29 is 14.7 Å². The summed E-state index contributed by atoms with van der Waals surface area (Å²) in [5, 5.41) is 18.8. The van der Waals surface area contributed by atoms with Crippen LogP contribution in [0.2, 0.25) is 0 Å². The van der Waals surface area contributed by atoms with Gasteiger partial charge in [0.05, 0.1) is 4.91 Å². The number of nitriles is 1. The van der Waals surface area contributed by atoms with Crippen LogP contribution in [0.15, 0.2) is 9.70 Å². The molecule has 0 atom stereocenters. The molecule has 1 amide bonds. The molecule has 1 N–H and O–H groups in total. The molecule has 0 unspecified atom stereocenters. The number of likely N-dealkylation sites (N-methyl/N-ethyl adjacent to an activating group) is 1. The molecular weight excluding hydrogens is 450 g/mol. The first kappa shape index (κ1) is 24.0. The van der Waals surface area contributed by atoms with E-state index in [9.17, 15) is 19.6 Å². The van der Waals surface area contributed by atoms with E-state index >= 15 is 0 Å². The van der Waals surface area contributed by atoms with Crippen molar-refractivity contribution in [3.05, 3.63) is 31.9 Å². The van der Waals surface area contributed by atoms with E-state index in [2.05, 4.69) is 9.80 Å². The Morgan fingerprint density at radius 2 is 1.94 bits per heavy atom. The van der Waals surface area contributed by atoms with Crippen LogP contribution in [-0.4, -0.2) is 75.4 Å². The minimum Gasteiger partial charge on any atom is -0.480 e. The highest BCUT2D eigenvalue weighted by Gasteiger charge is 2.34. The average molecular weight is 476 g/mol. The summed E-state index contributed by atoms with van der Waals surface area (Å²) < 4.78 is 1.80. The summed E-state index contributed by atoms with van der Waals surface area (Å²) in [5.74, 6) is -0.956. The first-order valence-electron chi connectivity index (χ1n) is 10.3. The highest BCUT2D eigenvalue weighted by molar-refractivity contribution is 8.26. The fourth-order valence-electron chi connectivity index (χ4n) is 3.84. The number of carbonyl (C=O) groups is 2. The van der Waals surface area contributed by atoms with Gasteiger partial charge in [-0.05, 0) is 32.0 Å². The molecule has 0 aliphatic carbocycles. The van der Waals surface area contributed by atoms with Crippen molar-refractivity contribution in [1.82, 2.24) is 14.4 Å². The Morgan fingerprint density at radius 1 is 1.28 bits per heavy atom. The van der Waals surface area contributed by atoms with Crippen LogP contribution in [0.25, 0.3) is 6.08 Å². The van der Waals surface area contributed by atoms with Crippen molar-refractivity contribution in [3.63, 3.8) is 0 Å². The summed E-state index contributed by atoms with van der Waals surface area (Å²) in [6.07, 6.45) is 2.35. The van der Waals surface area contributed by atoms with E-state index in [1.54, 1.807) is 17.6 Å². The number of amides is 1. The molecule has 1 aromatic heterocycles. The number of hydrogen-bond donors (Lipinski definition) is 1. The van der Waals surface area contributed by atoms with Crippen molar-refractivity contribution in [2.75, 3.05) is 44.7 Å². The van der Waals surface area contributed by atoms with Crippen molar-refractivity contribution in [2.24, 2.45) is 0 Å². The van der Waals surface area contributed by atoms with Gasteiger partial charge in [0.15, 0.2) is 0 Å². The number of piperazine rings is 1. The molecule has 0 spiro atoms. The number of rotatable bonds is 6. The molecule has 2 aliphatic heterocycles. The highest BCUT2D eigenvalue weighted by atomic mass is 32.2. The van der Waals surface area contributed by atoms with Gasteiger partial charge in [0.2, 0.25) is 0 Å². The maximum atomic E-state index is 13.1. The SMILES string of the molecule is CCCn1c(N2CCN(C)CC2)c(/C=C2/SC(=S)N(CC(=O)O)C2=O)c(C)c(C#N)c1=O. The molecular formula is C21H25N5O4S2. The Bertz CT molecular complexity index is 1100. The molecule has 9 nitrogen and oxygen atoms in total. The maximum Gasteiger partial charge on any atom is 0.323 e. The standard InChI is InChI=1S/C21H25N5O4S2/c1-4-5-25-18(24-8-6-23(3)7-9-24)14(13(2)15(11-22)19(25)29)10-16-20(30)26(12-17(27)28)21(31)32-16/h10H,4-9,12H2,1-3H3,(H,27,28)/b16-10+. The van der Waals surface area contributed by atoms with Crippen molar-refractivity contribution in [3.8, 4) is 6.07 Å². The minimum absolute atomic E-state index is 0.0450. The number of nitrogens with zero attached hydrogens (tertiary/aromatic N) is 5. The number of thioether (sulfide) groups is 1. The van der Waals surface area contributed by atoms with Gasteiger partial charge in [-0.25, -0.2) is 0 Å². The lowest BCUT2D eigenvalue weighted by Crippen LogP contribution is -2.47. The molecule has 2 saturated heterocycles. The van der Waals surface area contributed by atoms with Crippen LogP contribution < -0.4 is 10.5 Å². The van der Waals surface area contributed by atoms with Gasteiger partial charge in [-0.2, -0.15) is 5.26 Å². The van der Waals surface area contributed by atoms with Crippen molar-refractivity contribution >= 4 is 52.1 Å². The van der Waals surface area contributed by atoms with Crippen LogP contribution in [0.1, 0.15) is 30.0 Å². The predicted octanol–water partition coefficient (Wildman–Crippen LogP) is 1.48. The Kier molecular flexibility index (Phi) is 7.38. The molecule has 0 aromatic carbocycles. The molecule has 0 bridgehead atoms. The van der Waals surface area contributed by atoms with E-state index in [1.165, 1.54) is 0 Å². The highest BCUT2D eigenvalue weighted by Crippen LogP contribution is 2.36. The quantitative estimate of drug-likeness (QED) is 0.483. The molecule has 2 aliphatic rings. The molecule has 32 heavy (non-hydrogen) atoms. The monoisotopic (exact) mass is 475 g/mol. The zero-order valence-corrected chi connectivity index (χ0v) is 19.9. The van der Waals surface area contributed by atoms with Gasteiger partial charge in [-0.3, -0.25) is 23.9 Å². The number of carboxylic acid groups (broad SMARTS) is 1. The Labute approximate surface area is 195 Å². The van der Waals surface area contributed by atoms with Gasteiger partial charge in [0.25, 0.3) is 11.5 Å². The first-order chi connectivity index (χ1) is 15.2. The van der Waals surface area contributed by atoms with Crippen LogP contribution in [0.3, 0.4) is 0 Å². The molecule has 3 rings (SSSR count). The summed E-state index contributed by atoms with van der Waals surface area (Å²) in [5.41, 5.74) is 0.831. The molecule has 170 valence electrons. The number of pyridine rings is 1. The second-order valence-corrected chi connectivity index (χ2v) is 9.43. The van der Waals surface area contributed by atoms with Crippen molar-refractivity contribution in [1.29, 1.82) is 5.26 Å². The van der Waals surface area contributed by atoms with Crippen LogP contribution in [0, 0.1) is 18.3 Å². The predicted molar refractivity (Wildman–Crippen MR) is 128 cm³/mol. The van der Waals surface area contributed by atoms with Gasteiger partial charge in [0.1, 0.15) is 28.3 Å². The number of aromatic nitrogens is 1. The third kappa shape index (κ3) is 4.57.